The number of nitrogens with one attached hydrogen (secondary N) is 1. The molecule has 1 atom stereocenters. The highest BCUT2D eigenvalue weighted by atomic mass is 35.5. The summed E-state index contributed by atoms with van der Waals surface area (Å²) in [6.45, 7) is 9.69. The molecular weight excluding hydrogens is 486 g/mol. The lowest BCUT2D eigenvalue weighted by atomic mass is 10.1. The van der Waals surface area contributed by atoms with E-state index in [1.54, 1.807) is 31.2 Å². The van der Waals surface area contributed by atoms with Crippen LogP contribution in [0.5, 0.6) is 0 Å². The molecule has 0 saturated carbocycles. The van der Waals surface area contributed by atoms with E-state index >= 15 is 0 Å². The first-order valence-electron chi connectivity index (χ1n) is 11.7. The molecule has 2 aromatic carbocycles. The van der Waals surface area contributed by atoms with Gasteiger partial charge in [-0.1, -0.05) is 29.8 Å². The number of sulfonamides is 1. The largest absolute Gasteiger partial charge is 0.352 e. The second-order valence-corrected chi connectivity index (χ2v) is 11.5. The number of anilines is 1. The van der Waals surface area contributed by atoms with Gasteiger partial charge in [-0.3, -0.25) is 13.9 Å². The Balaban J connectivity index is 2.19. The van der Waals surface area contributed by atoms with E-state index in [1.165, 1.54) is 9.21 Å². The number of amides is 2. The third kappa shape index (κ3) is 8.54. The molecule has 0 bridgehead atoms. The Bertz CT molecular complexity index is 1150. The molecular formula is C26H36ClN3O4S. The van der Waals surface area contributed by atoms with Crippen LogP contribution < -0.4 is 9.62 Å². The number of hydrogen-bond donors (Lipinski definition) is 1. The van der Waals surface area contributed by atoms with Gasteiger partial charge in [0.2, 0.25) is 21.8 Å². The highest BCUT2D eigenvalue weighted by molar-refractivity contribution is 7.92. The van der Waals surface area contributed by atoms with Crippen LogP contribution in [-0.2, 0) is 26.2 Å². The molecule has 2 aromatic rings. The van der Waals surface area contributed by atoms with E-state index in [2.05, 4.69) is 5.32 Å². The number of nitrogens with zero attached hydrogens (tertiary/aromatic N) is 2. The number of halogens is 1. The zero-order chi connectivity index (χ0) is 26.3. The predicted molar refractivity (Wildman–Crippen MR) is 142 cm³/mol. The highest BCUT2D eigenvalue weighted by Gasteiger charge is 2.27. The molecule has 0 radical (unpaired) electrons. The van der Waals surface area contributed by atoms with Crippen molar-refractivity contribution >= 4 is 39.1 Å². The van der Waals surface area contributed by atoms with Gasteiger partial charge in [-0.15, -0.1) is 0 Å². The van der Waals surface area contributed by atoms with Crippen molar-refractivity contribution in [3.8, 4) is 0 Å². The van der Waals surface area contributed by atoms with Crippen molar-refractivity contribution in [1.82, 2.24) is 10.2 Å². The van der Waals surface area contributed by atoms with E-state index in [0.717, 1.165) is 22.9 Å². The number of carbonyl (C=O) groups is 2. The lowest BCUT2D eigenvalue weighted by Gasteiger charge is -2.30. The maximum atomic E-state index is 13.3. The topological polar surface area (TPSA) is 86.8 Å². The van der Waals surface area contributed by atoms with Gasteiger partial charge in [0.1, 0.15) is 6.04 Å². The van der Waals surface area contributed by atoms with Gasteiger partial charge < -0.3 is 10.2 Å². The van der Waals surface area contributed by atoms with Gasteiger partial charge in [0, 0.05) is 30.6 Å². The Kier molecular flexibility index (Phi) is 10.2. The van der Waals surface area contributed by atoms with Gasteiger partial charge in [-0.05, 0) is 82.0 Å². The molecule has 0 aromatic heterocycles. The monoisotopic (exact) mass is 521 g/mol. The number of benzene rings is 2. The van der Waals surface area contributed by atoms with Crippen molar-refractivity contribution in [2.24, 2.45) is 0 Å². The van der Waals surface area contributed by atoms with Crippen molar-refractivity contribution in [3.05, 3.63) is 64.2 Å². The molecule has 0 aliphatic carbocycles. The van der Waals surface area contributed by atoms with Crippen LogP contribution >= 0.6 is 11.6 Å². The smallest absolute Gasteiger partial charge is 0.242 e. The van der Waals surface area contributed by atoms with Crippen LogP contribution in [0.1, 0.15) is 50.3 Å². The first kappa shape index (κ1) is 28.7. The van der Waals surface area contributed by atoms with Crippen molar-refractivity contribution in [2.75, 3.05) is 17.1 Å². The van der Waals surface area contributed by atoms with Gasteiger partial charge in [-0.25, -0.2) is 8.42 Å². The molecule has 7 nitrogen and oxygen atoms in total. The quantitative estimate of drug-likeness (QED) is 0.473. The first-order valence-corrected chi connectivity index (χ1v) is 13.9. The fourth-order valence-electron chi connectivity index (χ4n) is 3.70. The van der Waals surface area contributed by atoms with Gasteiger partial charge in [-0.2, -0.15) is 0 Å². The minimum Gasteiger partial charge on any atom is -0.352 e. The van der Waals surface area contributed by atoms with Crippen LogP contribution in [0.2, 0.25) is 5.02 Å². The summed E-state index contributed by atoms with van der Waals surface area (Å²) < 4.78 is 26.3. The van der Waals surface area contributed by atoms with Crippen molar-refractivity contribution < 1.29 is 18.0 Å². The van der Waals surface area contributed by atoms with Crippen LogP contribution in [0.25, 0.3) is 0 Å². The minimum atomic E-state index is -3.53. The Labute approximate surface area is 214 Å². The SMILES string of the molecule is Cc1ccc(N(CCCC(=O)N(Cc2cccc(Cl)c2)C(C)C(=O)NC(C)C)S(C)(=O)=O)cc1C. The van der Waals surface area contributed by atoms with E-state index in [0.29, 0.717) is 17.1 Å². The highest BCUT2D eigenvalue weighted by Crippen LogP contribution is 2.22. The van der Waals surface area contributed by atoms with Gasteiger partial charge >= 0.3 is 0 Å². The third-order valence-electron chi connectivity index (χ3n) is 5.77. The molecule has 0 heterocycles. The van der Waals surface area contributed by atoms with E-state index in [4.69, 9.17) is 11.6 Å². The lowest BCUT2D eigenvalue weighted by molar-refractivity contribution is -0.140. The summed E-state index contributed by atoms with van der Waals surface area (Å²) in [5.41, 5.74) is 3.44. The molecule has 0 aliphatic rings. The molecule has 1 N–H and O–H groups in total. The zero-order valence-corrected chi connectivity index (χ0v) is 22.9. The Morgan fingerprint density at radius 1 is 1.03 bits per heavy atom. The number of rotatable bonds is 11. The zero-order valence-electron chi connectivity index (χ0n) is 21.3. The van der Waals surface area contributed by atoms with Gasteiger partial charge in [0.05, 0.1) is 11.9 Å². The van der Waals surface area contributed by atoms with Crippen LogP contribution in [0.15, 0.2) is 42.5 Å². The van der Waals surface area contributed by atoms with E-state index in [9.17, 15) is 18.0 Å². The summed E-state index contributed by atoms with van der Waals surface area (Å²) in [6.07, 6.45) is 1.56. The van der Waals surface area contributed by atoms with E-state index in [-0.39, 0.29) is 37.4 Å². The molecule has 0 fully saturated rings. The standard InChI is InChI=1S/C26H36ClN3O4S/c1-18(2)28-26(32)21(5)29(17-22-9-7-10-23(27)16-22)25(31)11-8-14-30(35(6,33)34)24-13-12-19(3)20(4)15-24/h7,9-10,12-13,15-16,18,21H,8,11,14,17H2,1-6H3,(H,28,32). The number of hydrogen-bond acceptors (Lipinski definition) is 4. The third-order valence-corrected chi connectivity index (χ3v) is 7.20. The number of aryl methyl sites for hydroxylation is 2. The molecule has 2 rings (SSSR count). The van der Waals surface area contributed by atoms with Gasteiger partial charge in [0.25, 0.3) is 0 Å². The van der Waals surface area contributed by atoms with Crippen LogP contribution in [-0.4, -0.2) is 50.0 Å². The minimum absolute atomic E-state index is 0.0608. The molecule has 1 unspecified atom stereocenters. The second kappa shape index (κ2) is 12.4. The maximum Gasteiger partial charge on any atom is 0.242 e. The molecule has 2 amide bonds. The van der Waals surface area contributed by atoms with Crippen LogP contribution in [0.4, 0.5) is 5.69 Å². The molecule has 0 saturated heterocycles. The van der Waals surface area contributed by atoms with Crippen molar-refractivity contribution in [2.45, 2.75) is 66.1 Å². The molecule has 9 heteroatoms. The van der Waals surface area contributed by atoms with E-state index in [1.807, 2.05) is 45.9 Å². The summed E-state index contributed by atoms with van der Waals surface area (Å²) in [4.78, 5) is 27.5. The van der Waals surface area contributed by atoms with Crippen LogP contribution in [0, 0.1) is 13.8 Å². The average molecular weight is 522 g/mol. The normalized spacial score (nSPS) is 12.3. The number of carbonyl (C=O) groups excluding carboxylic acids is 2. The molecule has 0 aliphatic heterocycles. The summed E-state index contributed by atoms with van der Waals surface area (Å²) in [6, 6.07) is 11.9. The van der Waals surface area contributed by atoms with Crippen molar-refractivity contribution in [1.29, 1.82) is 0 Å². The summed E-state index contributed by atoms with van der Waals surface area (Å²) in [5, 5.41) is 3.40. The molecule has 192 valence electrons. The maximum absolute atomic E-state index is 13.3. The summed E-state index contributed by atoms with van der Waals surface area (Å²) in [7, 11) is -3.53. The predicted octanol–water partition coefficient (Wildman–Crippen LogP) is 4.44. The Morgan fingerprint density at radius 2 is 1.71 bits per heavy atom. The fraction of sp³-hybridized carbons (Fsp3) is 0.462. The van der Waals surface area contributed by atoms with E-state index < -0.39 is 16.1 Å². The Morgan fingerprint density at radius 3 is 2.29 bits per heavy atom. The fourth-order valence-corrected chi connectivity index (χ4v) is 4.87. The van der Waals surface area contributed by atoms with Crippen LogP contribution in [0.3, 0.4) is 0 Å². The average Bonchev–Trinajstić information content (AvgIpc) is 2.75. The first-order chi connectivity index (χ1) is 16.3. The summed E-state index contributed by atoms with van der Waals surface area (Å²) in [5.74, 6) is -0.479. The van der Waals surface area contributed by atoms with Gasteiger partial charge in [0.15, 0.2) is 0 Å². The van der Waals surface area contributed by atoms with Crippen molar-refractivity contribution in [3.63, 3.8) is 0 Å². The summed E-state index contributed by atoms with van der Waals surface area (Å²) >= 11 is 6.11. The Hall–Kier alpha value is -2.58. The lowest BCUT2D eigenvalue weighted by Crippen LogP contribution is -2.49. The molecule has 0 spiro atoms. The molecule has 35 heavy (non-hydrogen) atoms. The second-order valence-electron chi connectivity index (χ2n) is 9.20.